The molecule has 1 amide bonds. The monoisotopic (exact) mass is 415 g/mol. The Hall–Kier alpha value is -1.13. The first kappa shape index (κ1) is 22.1. The molecule has 4 heteroatoms. The maximum Gasteiger partial charge on any atom is 0.222 e. The SMILES string of the molecule is O=C(CCCCC1=C[C@H]2C[C@@H](O)[C@H](/C=C/[C@@H](O)CC3CCCC3)[C@H]2C1)N1CCCC1. The Balaban J connectivity index is 1.19. The van der Waals surface area contributed by atoms with Gasteiger partial charge in [-0.15, -0.1) is 0 Å². The number of nitrogens with zero attached hydrogens (tertiary/aromatic N) is 1. The number of aliphatic hydroxyl groups excluding tert-OH is 2. The first-order valence-corrected chi connectivity index (χ1v) is 12.6. The molecule has 0 aromatic carbocycles. The molecule has 0 spiro atoms. The molecule has 168 valence electrons. The number of carbonyl (C=O) groups excluding carboxylic acids is 1. The Morgan fingerprint density at radius 1 is 1.17 bits per heavy atom. The number of aliphatic hydroxyl groups is 2. The first-order valence-electron chi connectivity index (χ1n) is 12.6. The fourth-order valence-corrected chi connectivity index (χ4v) is 6.47. The molecule has 1 aliphatic heterocycles. The van der Waals surface area contributed by atoms with Crippen molar-refractivity contribution in [1.29, 1.82) is 0 Å². The number of carbonyl (C=O) groups is 1. The third-order valence-corrected chi connectivity index (χ3v) is 8.15. The average Bonchev–Trinajstić information content (AvgIpc) is 3.49. The van der Waals surface area contributed by atoms with E-state index in [4.69, 9.17) is 0 Å². The Labute approximate surface area is 182 Å². The van der Waals surface area contributed by atoms with Crippen LogP contribution in [0, 0.1) is 23.7 Å². The van der Waals surface area contributed by atoms with E-state index in [0.717, 1.165) is 51.6 Å². The van der Waals surface area contributed by atoms with Crippen molar-refractivity contribution in [3.05, 3.63) is 23.8 Å². The lowest BCUT2D eigenvalue weighted by molar-refractivity contribution is -0.130. The summed E-state index contributed by atoms with van der Waals surface area (Å²) in [6, 6.07) is 0. The summed E-state index contributed by atoms with van der Waals surface area (Å²) in [5.41, 5.74) is 1.52. The van der Waals surface area contributed by atoms with Crippen LogP contribution in [0.1, 0.15) is 83.5 Å². The third-order valence-electron chi connectivity index (χ3n) is 8.15. The zero-order chi connectivity index (χ0) is 20.9. The van der Waals surface area contributed by atoms with Gasteiger partial charge in [-0.3, -0.25) is 4.79 Å². The smallest absolute Gasteiger partial charge is 0.222 e. The molecule has 0 unspecified atom stereocenters. The lowest BCUT2D eigenvalue weighted by Crippen LogP contribution is -2.27. The molecular weight excluding hydrogens is 374 g/mol. The van der Waals surface area contributed by atoms with E-state index in [1.807, 2.05) is 11.0 Å². The number of unbranched alkanes of at least 4 members (excludes halogenated alkanes) is 1. The maximum absolute atomic E-state index is 12.2. The molecule has 4 nitrogen and oxygen atoms in total. The van der Waals surface area contributed by atoms with E-state index in [-0.39, 0.29) is 18.1 Å². The molecule has 0 radical (unpaired) electrons. The van der Waals surface area contributed by atoms with E-state index in [2.05, 4.69) is 12.2 Å². The largest absolute Gasteiger partial charge is 0.392 e. The molecule has 30 heavy (non-hydrogen) atoms. The van der Waals surface area contributed by atoms with Crippen LogP contribution in [0.25, 0.3) is 0 Å². The first-order chi connectivity index (χ1) is 14.6. The van der Waals surface area contributed by atoms with Crippen LogP contribution in [0.4, 0.5) is 0 Å². The van der Waals surface area contributed by atoms with Gasteiger partial charge in [0.1, 0.15) is 0 Å². The summed E-state index contributed by atoms with van der Waals surface area (Å²) in [6.07, 6.45) is 20.0. The molecule has 0 bridgehead atoms. The van der Waals surface area contributed by atoms with Gasteiger partial charge in [0, 0.05) is 25.4 Å². The molecule has 4 rings (SSSR count). The van der Waals surface area contributed by atoms with Gasteiger partial charge in [0.05, 0.1) is 12.2 Å². The van der Waals surface area contributed by atoms with Crippen LogP contribution in [-0.2, 0) is 4.79 Å². The summed E-state index contributed by atoms with van der Waals surface area (Å²) in [5, 5.41) is 21.0. The van der Waals surface area contributed by atoms with Crippen LogP contribution in [0.3, 0.4) is 0 Å². The van der Waals surface area contributed by atoms with Crippen molar-refractivity contribution in [2.75, 3.05) is 13.1 Å². The van der Waals surface area contributed by atoms with Gasteiger partial charge in [-0.25, -0.2) is 0 Å². The van der Waals surface area contributed by atoms with Crippen molar-refractivity contribution in [2.45, 2.75) is 95.7 Å². The fraction of sp³-hybridized carbons (Fsp3) is 0.808. The summed E-state index contributed by atoms with van der Waals surface area (Å²) < 4.78 is 0. The van der Waals surface area contributed by atoms with Crippen molar-refractivity contribution < 1.29 is 15.0 Å². The quantitative estimate of drug-likeness (QED) is 0.427. The number of amides is 1. The molecule has 0 aromatic heterocycles. The van der Waals surface area contributed by atoms with E-state index in [1.165, 1.54) is 44.1 Å². The number of fused-ring (bicyclic) bond motifs is 1. The topological polar surface area (TPSA) is 60.8 Å². The van der Waals surface area contributed by atoms with Crippen molar-refractivity contribution in [2.24, 2.45) is 23.7 Å². The normalized spacial score (nSPS) is 32.9. The molecule has 1 saturated heterocycles. The highest BCUT2D eigenvalue weighted by molar-refractivity contribution is 5.76. The van der Waals surface area contributed by atoms with Crippen LogP contribution in [0.5, 0.6) is 0 Å². The van der Waals surface area contributed by atoms with Gasteiger partial charge in [-0.05, 0) is 69.1 Å². The van der Waals surface area contributed by atoms with Gasteiger partial charge in [-0.1, -0.05) is 49.5 Å². The van der Waals surface area contributed by atoms with Gasteiger partial charge < -0.3 is 15.1 Å². The highest BCUT2D eigenvalue weighted by atomic mass is 16.3. The van der Waals surface area contributed by atoms with Crippen LogP contribution in [0.15, 0.2) is 23.8 Å². The second-order valence-electron chi connectivity index (χ2n) is 10.4. The molecule has 4 aliphatic rings. The van der Waals surface area contributed by atoms with E-state index in [0.29, 0.717) is 30.1 Å². The molecular formula is C26H41NO3. The minimum atomic E-state index is -0.360. The van der Waals surface area contributed by atoms with Crippen molar-refractivity contribution in [1.82, 2.24) is 4.90 Å². The second-order valence-corrected chi connectivity index (χ2v) is 10.4. The summed E-state index contributed by atoms with van der Waals surface area (Å²) in [7, 11) is 0. The zero-order valence-corrected chi connectivity index (χ0v) is 18.6. The number of hydrogen-bond donors (Lipinski definition) is 2. The Bertz CT molecular complexity index is 630. The third kappa shape index (κ3) is 5.56. The van der Waals surface area contributed by atoms with Crippen LogP contribution in [-0.4, -0.2) is 46.3 Å². The maximum atomic E-state index is 12.2. The Morgan fingerprint density at radius 2 is 1.93 bits per heavy atom. The number of rotatable bonds is 9. The van der Waals surface area contributed by atoms with Gasteiger partial charge >= 0.3 is 0 Å². The Kier molecular flexibility index (Phi) is 7.69. The molecule has 2 N–H and O–H groups in total. The van der Waals surface area contributed by atoms with E-state index in [1.54, 1.807) is 0 Å². The van der Waals surface area contributed by atoms with Gasteiger partial charge in [-0.2, -0.15) is 0 Å². The number of likely N-dealkylation sites (tertiary alicyclic amines) is 1. The van der Waals surface area contributed by atoms with Crippen LogP contribution >= 0.6 is 0 Å². The average molecular weight is 416 g/mol. The fourth-order valence-electron chi connectivity index (χ4n) is 6.47. The molecule has 5 atom stereocenters. The number of hydrogen-bond acceptors (Lipinski definition) is 3. The molecule has 2 saturated carbocycles. The van der Waals surface area contributed by atoms with E-state index >= 15 is 0 Å². The lowest BCUT2D eigenvalue weighted by atomic mass is 9.88. The molecule has 1 heterocycles. The minimum Gasteiger partial charge on any atom is -0.392 e. The summed E-state index contributed by atoms with van der Waals surface area (Å²) >= 11 is 0. The van der Waals surface area contributed by atoms with Crippen molar-refractivity contribution in [3.63, 3.8) is 0 Å². The molecule has 3 aliphatic carbocycles. The summed E-state index contributed by atoms with van der Waals surface area (Å²) in [6.45, 7) is 1.92. The van der Waals surface area contributed by atoms with Gasteiger partial charge in [0.2, 0.25) is 5.91 Å². The Morgan fingerprint density at radius 3 is 2.70 bits per heavy atom. The predicted molar refractivity (Wildman–Crippen MR) is 120 cm³/mol. The van der Waals surface area contributed by atoms with E-state index in [9.17, 15) is 15.0 Å². The van der Waals surface area contributed by atoms with E-state index < -0.39 is 0 Å². The van der Waals surface area contributed by atoms with Crippen molar-refractivity contribution >= 4 is 5.91 Å². The highest BCUT2D eigenvalue weighted by Gasteiger charge is 2.43. The zero-order valence-electron chi connectivity index (χ0n) is 18.6. The molecule has 3 fully saturated rings. The van der Waals surface area contributed by atoms with Gasteiger partial charge in [0.15, 0.2) is 0 Å². The van der Waals surface area contributed by atoms with Crippen LogP contribution in [0.2, 0.25) is 0 Å². The lowest BCUT2D eigenvalue weighted by Gasteiger charge is -2.19. The highest BCUT2D eigenvalue weighted by Crippen LogP contribution is 2.48. The second kappa shape index (κ2) is 10.5. The minimum absolute atomic E-state index is 0.179. The van der Waals surface area contributed by atoms with Crippen molar-refractivity contribution in [3.8, 4) is 0 Å². The standard InChI is InChI=1S/C26H41NO3/c28-22(16-19-7-1-2-8-19)11-12-23-24-17-20(15-21(24)18-25(23)29)9-3-4-10-26(30)27-13-5-6-14-27/h11-12,15,19,21-25,28-29H,1-10,13-14,16-18H2/b12-11+/t21-,22+,23+,24-,25+/m0/s1. The number of allylic oxidation sites excluding steroid dienone is 2. The van der Waals surface area contributed by atoms with Gasteiger partial charge in [0.25, 0.3) is 0 Å². The predicted octanol–water partition coefficient (Wildman–Crippen LogP) is 4.61. The van der Waals surface area contributed by atoms with Crippen LogP contribution < -0.4 is 0 Å². The summed E-state index contributed by atoms with van der Waals surface area (Å²) in [5.74, 6) is 2.19. The summed E-state index contributed by atoms with van der Waals surface area (Å²) in [4.78, 5) is 14.2. The molecule has 0 aromatic rings.